The number of nitrogens with zero attached hydrogens (tertiary/aromatic N) is 1. The predicted molar refractivity (Wildman–Crippen MR) is 90.9 cm³/mol. The van der Waals surface area contributed by atoms with Crippen LogP contribution < -0.4 is 4.72 Å². The Morgan fingerprint density at radius 2 is 1.67 bits per heavy atom. The van der Waals surface area contributed by atoms with E-state index < -0.39 is 15.9 Å². The maximum Gasteiger partial charge on any atom is 0.264 e. The van der Waals surface area contributed by atoms with E-state index in [1.807, 2.05) is 6.92 Å². The lowest BCUT2D eigenvalue weighted by molar-refractivity contribution is -0.125. The molecule has 1 saturated carbocycles. The highest BCUT2D eigenvalue weighted by molar-refractivity contribution is 7.90. The minimum Gasteiger partial charge on any atom is -0.345 e. The number of benzene rings is 1. The molecule has 0 radical (unpaired) electrons. The van der Waals surface area contributed by atoms with Crippen molar-refractivity contribution in [3.63, 3.8) is 0 Å². The Kier molecular flexibility index (Phi) is 5.64. The molecule has 1 aliphatic carbocycles. The lowest BCUT2D eigenvalue weighted by atomic mass is 9.80. The molecule has 0 saturated heterocycles. The summed E-state index contributed by atoms with van der Waals surface area (Å²) in [7, 11) is -0.672. The number of carbonyl (C=O) groups is 2. The first kappa shape index (κ1) is 18.4. The maximum absolute atomic E-state index is 12.4. The number of nitrogens with one attached hydrogen (secondary N) is 1. The molecule has 7 heteroatoms. The second-order valence-electron chi connectivity index (χ2n) is 6.56. The summed E-state index contributed by atoms with van der Waals surface area (Å²) in [4.78, 5) is 25.5. The quantitative estimate of drug-likeness (QED) is 0.898. The topological polar surface area (TPSA) is 83.5 Å². The SMILES string of the molecule is CC1CCCCC1C(=O)NS(=O)(=O)c1ccc(C(=O)N(C)C)cc1. The van der Waals surface area contributed by atoms with Crippen LogP contribution >= 0.6 is 0 Å². The third-order valence-corrected chi connectivity index (χ3v) is 5.86. The average Bonchev–Trinajstić information content (AvgIpc) is 2.54. The third kappa shape index (κ3) is 4.14. The smallest absolute Gasteiger partial charge is 0.264 e. The van der Waals surface area contributed by atoms with Gasteiger partial charge in [-0.15, -0.1) is 0 Å². The van der Waals surface area contributed by atoms with Crippen LogP contribution in [0.5, 0.6) is 0 Å². The largest absolute Gasteiger partial charge is 0.345 e. The van der Waals surface area contributed by atoms with E-state index in [0.717, 1.165) is 25.7 Å². The van der Waals surface area contributed by atoms with Gasteiger partial charge in [0.2, 0.25) is 5.91 Å². The molecule has 0 spiro atoms. The predicted octanol–water partition coefficient (Wildman–Crippen LogP) is 2.02. The Morgan fingerprint density at radius 1 is 1.08 bits per heavy atom. The van der Waals surface area contributed by atoms with Crippen molar-refractivity contribution in [2.75, 3.05) is 14.1 Å². The number of hydrogen-bond donors (Lipinski definition) is 1. The molecule has 2 rings (SSSR count). The average molecular weight is 352 g/mol. The number of carbonyl (C=O) groups excluding carboxylic acids is 2. The summed E-state index contributed by atoms with van der Waals surface area (Å²) in [6.45, 7) is 1.98. The van der Waals surface area contributed by atoms with Crippen LogP contribution in [0.25, 0.3) is 0 Å². The Bertz CT molecular complexity index is 711. The molecule has 1 aromatic rings. The van der Waals surface area contributed by atoms with Gasteiger partial charge in [-0.2, -0.15) is 0 Å². The van der Waals surface area contributed by atoms with Crippen LogP contribution in [-0.2, 0) is 14.8 Å². The van der Waals surface area contributed by atoms with Gasteiger partial charge >= 0.3 is 0 Å². The van der Waals surface area contributed by atoms with Gasteiger partial charge in [0.05, 0.1) is 4.90 Å². The van der Waals surface area contributed by atoms with E-state index in [9.17, 15) is 18.0 Å². The van der Waals surface area contributed by atoms with Crippen molar-refractivity contribution in [3.8, 4) is 0 Å². The molecular weight excluding hydrogens is 328 g/mol. The number of hydrogen-bond acceptors (Lipinski definition) is 4. The van der Waals surface area contributed by atoms with E-state index >= 15 is 0 Å². The zero-order valence-corrected chi connectivity index (χ0v) is 15.1. The molecule has 6 nitrogen and oxygen atoms in total. The van der Waals surface area contributed by atoms with Crippen LogP contribution in [0.3, 0.4) is 0 Å². The molecule has 0 heterocycles. The van der Waals surface area contributed by atoms with Gasteiger partial charge in [0, 0.05) is 25.6 Å². The Hall–Kier alpha value is -1.89. The minimum atomic E-state index is -3.92. The zero-order chi connectivity index (χ0) is 17.9. The molecule has 1 fully saturated rings. The molecule has 132 valence electrons. The first-order valence-electron chi connectivity index (χ1n) is 8.11. The minimum absolute atomic E-state index is 0.0189. The van der Waals surface area contributed by atoms with Crippen molar-refractivity contribution in [1.29, 1.82) is 0 Å². The third-order valence-electron chi connectivity index (χ3n) is 4.50. The van der Waals surface area contributed by atoms with Crippen molar-refractivity contribution < 1.29 is 18.0 Å². The first-order valence-corrected chi connectivity index (χ1v) is 9.59. The van der Waals surface area contributed by atoms with Gasteiger partial charge in [-0.1, -0.05) is 19.8 Å². The molecule has 2 unspecified atom stereocenters. The van der Waals surface area contributed by atoms with E-state index in [2.05, 4.69) is 4.72 Å². The number of sulfonamides is 1. The van der Waals surface area contributed by atoms with Gasteiger partial charge in [-0.3, -0.25) is 9.59 Å². The van der Waals surface area contributed by atoms with Crippen LogP contribution in [0, 0.1) is 11.8 Å². The summed E-state index contributed by atoms with van der Waals surface area (Å²) in [6.07, 6.45) is 3.70. The van der Waals surface area contributed by atoms with Crippen LogP contribution in [-0.4, -0.2) is 39.2 Å². The molecule has 1 aliphatic rings. The Morgan fingerprint density at radius 3 is 2.21 bits per heavy atom. The molecule has 1 N–H and O–H groups in total. The van der Waals surface area contributed by atoms with Crippen molar-refractivity contribution >= 4 is 21.8 Å². The van der Waals surface area contributed by atoms with E-state index in [1.54, 1.807) is 14.1 Å². The van der Waals surface area contributed by atoms with Gasteiger partial charge in [0.1, 0.15) is 0 Å². The summed E-state index contributed by atoms with van der Waals surface area (Å²) in [5.41, 5.74) is 0.395. The Labute approximate surface area is 143 Å². The molecular formula is C17H24N2O4S. The van der Waals surface area contributed by atoms with Crippen LogP contribution in [0.15, 0.2) is 29.2 Å². The van der Waals surface area contributed by atoms with E-state index in [4.69, 9.17) is 0 Å². The van der Waals surface area contributed by atoms with E-state index in [0.29, 0.717) is 5.56 Å². The Balaban J connectivity index is 2.12. The molecule has 0 bridgehead atoms. The molecule has 0 aliphatic heterocycles. The lowest BCUT2D eigenvalue weighted by Crippen LogP contribution is -2.39. The monoisotopic (exact) mass is 352 g/mol. The normalized spacial score (nSPS) is 21.1. The van der Waals surface area contributed by atoms with E-state index in [-0.39, 0.29) is 22.6 Å². The fourth-order valence-corrected chi connectivity index (χ4v) is 4.04. The second kappa shape index (κ2) is 7.34. The fourth-order valence-electron chi connectivity index (χ4n) is 3.01. The number of rotatable bonds is 4. The zero-order valence-electron chi connectivity index (χ0n) is 14.3. The first-order chi connectivity index (χ1) is 11.2. The molecule has 1 aromatic carbocycles. The highest BCUT2D eigenvalue weighted by Crippen LogP contribution is 2.30. The van der Waals surface area contributed by atoms with Gasteiger partial charge < -0.3 is 4.90 Å². The standard InChI is InChI=1S/C17H24N2O4S/c1-12-6-4-5-7-15(12)16(20)18-24(22,23)14-10-8-13(9-11-14)17(21)19(2)3/h8-12,15H,4-7H2,1-3H3,(H,18,20). The molecule has 2 amide bonds. The number of amides is 2. The van der Waals surface area contributed by atoms with Crippen molar-refractivity contribution in [3.05, 3.63) is 29.8 Å². The van der Waals surface area contributed by atoms with Crippen molar-refractivity contribution in [1.82, 2.24) is 9.62 Å². The summed E-state index contributed by atoms with van der Waals surface area (Å²) >= 11 is 0. The molecule has 24 heavy (non-hydrogen) atoms. The second-order valence-corrected chi connectivity index (χ2v) is 8.24. The maximum atomic E-state index is 12.4. The van der Waals surface area contributed by atoms with Gasteiger partial charge in [0.25, 0.3) is 15.9 Å². The molecule has 0 aromatic heterocycles. The highest BCUT2D eigenvalue weighted by Gasteiger charge is 2.30. The van der Waals surface area contributed by atoms with Crippen molar-refractivity contribution in [2.45, 2.75) is 37.5 Å². The summed E-state index contributed by atoms with van der Waals surface area (Å²) in [5, 5.41) is 0. The summed E-state index contributed by atoms with van der Waals surface area (Å²) < 4.78 is 26.9. The van der Waals surface area contributed by atoms with Crippen molar-refractivity contribution in [2.24, 2.45) is 11.8 Å². The van der Waals surface area contributed by atoms with Gasteiger partial charge in [-0.05, 0) is 43.0 Å². The van der Waals surface area contributed by atoms with E-state index in [1.165, 1.54) is 29.2 Å². The highest BCUT2D eigenvalue weighted by atomic mass is 32.2. The van der Waals surface area contributed by atoms with Gasteiger partial charge in [0.15, 0.2) is 0 Å². The summed E-state index contributed by atoms with van der Waals surface area (Å²) in [5.74, 6) is -0.716. The summed E-state index contributed by atoms with van der Waals surface area (Å²) in [6, 6.07) is 5.59. The van der Waals surface area contributed by atoms with Crippen LogP contribution in [0.4, 0.5) is 0 Å². The fraction of sp³-hybridized carbons (Fsp3) is 0.529. The van der Waals surface area contributed by atoms with Gasteiger partial charge in [-0.25, -0.2) is 13.1 Å². The lowest BCUT2D eigenvalue weighted by Gasteiger charge is -2.27. The van der Waals surface area contributed by atoms with Crippen LogP contribution in [0.2, 0.25) is 0 Å². The molecule has 2 atom stereocenters. The van der Waals surface area contributed by atoms with Crippen LogP contribution in [0.1, 0.15) is 43.0 Å².